The second-order valence-electron chi connectivity index (χ2n) is 7.68. The van der Waals surface area contributed by atoms with E-state index in [-0.39, 0.29) is 11.2 Å². The Morgan fingerprint density at radius 1 is 1.08 bits per heavy atom. The van der Waals surface area contributed by atoms with Gasteiger partial charge in [-0.25, -0.2) is 0 Å². The van der Waals surface area contributed by atoms with E-state index >= 15 is 0 Å². The van der Waals surface area contributed by atoms with E-state index in [9.17, 15) is 0 Å². The summed E-state index contributed by atoms with van der Waals surface area (Å²) in [5, 5.41) is 2.65. The highest BCUT2D eigenvalue weighted by Crippen LogP contribution is 2.63. The Morgan fingerprint density at radius 2 is 1.92 bits per heavy atom. The summed E-state index contributed by atoms with van der Waals surface area (Å²) in [6.07, 6.45) is 4.41. The van der Waals surface area contributed by atoms with E-state index in [0.717, 1.165) is 44.6 Å². The number of hydrogen-bond acceptors (Lipinski definition) is 3. The van der Waals surface area contributed by atoms with E-state index in [4.69, 9.17) is 14.2 Å². The molecule has 1 aliphatic heterocycles. The van der Waals surface area contributed by atoms with Crippen molar-refractivity contribution in [1.82, 2.24) is 0 Å². The topological polar surface area (TPSA) is 27.7 Å². The number of aryl methyl sites for hydroxylation is 1. The van der Waals surface area contributed by atoms with Gasteiger partial charge in [-0.2, -0.15) is 0 Å². The molecular formula is C21H24O3. The molecule has 2 fully saturated rings. The third-order valence-electron chi connectivity index (χ3n) is 6.80. The summed E-state index contributed by atoms with van der Waals surface area (Å²) in [6.45, 7) is 3.87. The SMILES string of the molecule is COc1ccc2c3c(ccc2c1)[C@H]1CCC2(OCCO2)[C@@]1(C)CC3. The van der Waals surface area contributed by atoms with Gasteiger partial charge in [0, 0.05) is 11.8 Å². The summed E-state index contributed by atoms with van der Waals surface area (Å²) in [5.74, 6) is 1.12. The third kappa shape index (κ3) is 1.75. The molecule has 0 N–H and O–H groups in total. The van der Waals surface area contributed by atoms with Gasteiger partial charge >= 0.3 is 0 Å². The van der Waals surface area contributed by atoms with Crippen LogP contribution in [0.15, 0.2) is 30.3 Å². The van der Waals surface area contributed by atoms with Crippen molar-refractivity contribution in [3.8, 4) is 5.75 Å². The number of methoxy groups -OCH3 is 1. The first-order valence-electron chi connectivity index (χ1n) is 9.04. The molecule has 1 spiro atoms. The Bertz CT molecular complexity index is 806. The lowest BCUT2D eigenvalue weighted by Gasteiger charge is -2.46. The average molecular weight is 324 g/mol. The molecule has 3 heteroatoms. The zero-order valence-corrected chi connectivity index (χ0v) is 14.4. The Hall–Kier alpha value is -1.58. The highest BCUT2D eigenvalue weighted by atomic mass is 16.7. The van der Waals surface area contributed by atoms with Crippen LogP contribution in [0.4, 0.5) is 0 Å². The smallest absolute Gasteiger partial charge is 0.174 e. The molecule has 1 heterocycles. The van der Waals surface area contributed by atoms with Crippen molar-refractivity contribution in [3.05, 3.63) is 41.5 Å². The molecule has 3 nitrogen and oxygen atoms in total. The minimum Gasteiger partial charge on any atom is -0.497 e. The van der Waals surface area contributed by atoms with Gasteiger partial charge in [0.15, 0.2) is 5.79 Å². The zero-order chi connectivity index (χ0) is 16.4. The molecule has 0 radical (unpaired) electrons. The van der Waals surface area contributed by atoms with Crippen molar-refractivity contribution in [2.75, 3.05) is 20.3 Å². The number of rotatable bonds is 1. The lowest BCUT2D eigenvalue weighted by molar-refractivity contribution is -0.222. The Morgan fingerprint density at radius 3 is 2.71 bits per heavy atom. The van der Waals surface area contributed by atoms with Crippen molar-refractivity contribution in [2.24, 2.45) is 5.41 Å². The van der Waals surface area contributed by atoms with E-state index in [1.165, 1.54) is 21.9 Å². The molecule has 2 aliphatic carbocycles. The summed E-state index contributed by atoms with van der Waals surface area (Å²) in [6, 6.07) is 11.0. The van der Waals surface area contributed by atoms with Gasteiger partial charge in [0.2, 0.25) is 0 Å². The van der Waals surface area contributed by atoms with Crippen LogP contribution < -0.4 is 4.74 Å². The van der Waals surface area contributed by atoms with Crippen LogP contribution in [-0.2, 0) is 15.9 Å². The van der Waals surface area contributed by atoms with E-state index in [1.54, 1.807) is 7.11 Å². The average Bonchev–Trinajstić information content (AvgIpc) is 3.21. The summed E-state index contributed by atoms with van der Waals surface area (Å²) in [4.78, 5) is 0. The van der Waals surface area contributed by atoms with Gasteiger partial charge in [0.1, 0.15) is 5.75 Å². The monoisotopic (exact) mass is 324 g/mol. The summed E-state index contributed by atoms with van der Waals surface area (Å²) in [5.41, 5.74) is 3.13. The molecule has 24 heavy (non-hydrogen) atoms. The predicted octanol–water partition coefficient (Wildman–Crippen LogP) is 4.42. The van der Waals surface area contributed by atoms with Crippen LogP contribution in [0.25, 0.3) is 10.8 Å². The number of hydrogen-bond donors (Lipinski definition) is 0. The molecule has 2 aromatic carbocycles. The first-order chi connectivity index (χ1) is 11.7. The molecule has 5 rings (SSSR count). The molecule has 0 unspecified atom stereocenters. The molecule has 1 saturated heterocycles. The predicted molar refractivity (Wildman–Crippen MR) is 93.5 cm³/mol. The van der Waals surface area contributed by atoms with Crippen molar-refractivity contribution in [2.45, 2.75) is 44.3 Å². The summed E-state index contributed by atoms with van der Waals surface area (Å²) < 4.78 is 17.7. The second-order valence-corrected chi connectivity index (χ2v) is 7.68. The molecule has 126 valence electrons. The van der Waals surface area contributed by atoms with Crippen LogP contribution in [0, 0.1) is 5.41 Å². The summed E-state index contributed by atoms with van der Waals surface area (Å²) in [7, 11) is 1.73. The minimum absolute atomic E-state index is 0.0939. The van der Waals surface area contributed by atoms with Crippen molar-refractivity contribution < 1.29 is 14.2 Å². The molecular weight excluding hydrogens is 300 g/mol. The van der Waals surface area contributed by atoms with Gasteiger partial charge < -0.3 is 14.2 Å². The van der Waals surface area contributed by atoms with Crippen LogP contribution in [0.2, 0.25) is 0 Å². The molecule has 1 saturated carbocycles. The third-order valence-corrected chi connectivity index (χ3v) is 6.80. The minimum atomic E-state index is -0.343. The largest absolute Gasteiger partial charge is 0.497 e. The highest BCUT2D eigenvalue weighted by molar-refractivity contribution is 5.88. The lowest BCUT2D eigenvalue weighted by atomic mass is 9.64. The maximum atomic E-state index is 6.17. The molecule has 0 amide bonds. The van der Waals surface area contributed by atoms with Gasteiger partial charge in [0.25, 0.3) is 0 Å². The van der Waals surface area contributed by atoms with Crippen LogP contribution in [0.3, 0.4) is 0 Å². The van der Waals surface area contributed by atoms with Crippen LogP contribution in [-0.4, -0.2) is 26.1 Å². The first kappa shape index (κ1) is 14.7. The zero-order valence-electron chi connectivity index (χ0n) is 14.4. The van der Waals surface area contributed by atoms with Crippen molar-refractivity contribution >= 4 is 10.8 Å². The van der Waals surface area contributed by atoms with Crippen molar-refractivity contribution in [3.63, 3.8) is 0 Å². The van der Waals surface area contributed by atoms with Gasteiger partial charge in [-0.3, -0.25) is 0 Å². The molecule has 0 aromatic heterocycles. The maximum absolute atomic E-state index is 6.17. The van der Waals surface area contributed by atoms with E-state index in [0.29, 0.717) is 5.92 Å². The first-order valence-corrected chi connectivity index (χ1v) is 9.04. The van der Waals surface area contributed by atoms with Gasteiger partial charge in [-0.05, 0) is 59.2 Å². The van der Waals surface area contributed by atoms with Crippen molar-refractivity contribution in [1.29, 1.82) is 0 Å². The van der Waals surface area contributed by atoms with E-state index < -0.39 is 0 Å². The quantitative estimate of drug-likeness (QED) is 0.777. The second kappa shape index (κ2) is 4.96. The Kier molecular flexibility index (Phi) is 3.05. The summed E-state index contributed by atoms with van der Waals surface area (Å²) >= 11 is 0. The van der Waals surface area contributed by atoms with Crippen LogP contribution in [0.5, 0.6) is 5.75 Å². The molecule has 2 aromatic rings. The molecule has 2 atom stereocenters. The van der Waals surface area contributed by atoms with Crippen LogP contribution in [0.1, 0.15) is 43.2 Å². The maximum Gasteiger partial charge on any atom is 0.174 e. The molecule has 0 bridgehead atoms. The number of ether oxygens (including phenoxy) is 3. The number of fused-ring (bicyclic) bond motifs is 6. The fraction of sp³-hybridized carbons (Fsp3) is 0.524. The van der Waals surface area contributed by atoms with E-state index in [2.05, 4.69) is 37.3 Å². The Balaban J connectivity index is 1.64. The van der Waals surface area contributed by atoms with Crippen LogP contribution >= 0.6 is 0 Å². The lowest BCUT2D eigenvalue weighted by Crippen LogP contribution is -2.47. The van der Waals surface area contributed by atoms with Gasteiger partial charge in [-0.1, -0.05) is 25.1 Å². The fourth-order valence-corrected chi connectivity index (χ4v) is 5.50. The fourth-order valence-electron chi connectivity index (χ4n) is 5.50. The normalized spacial score (nSPS) is 30.5. The number of benzene rings is 2. The van der Waals surface area contributed by atoms with Gasteiger partial charge in [-0.15, -0.1) is 0 Å². The Labute approximate surface area is 142 Å². The molecule has 3 aliphatic rings. The highest BCUT2D eigenvalue weighted by Gasteiger charge is 2.62. The standard InChI is InChI=1S/C21H24O3/c1-20-9-7-17-16-6-4-15(22-2)13-14(16)3-5-18(17)19(20)8-10-21(20)23-11-12-24-21/h3-6,13,19H,7-12H2,1-2H3/t19-,20+/m1/s1. The van der Waals surface area contributed by atoms with Gasteiger partial charge in [0.05, 0.1) is 20.3 Å². The van der Waals surface area contributed by atoms with E-state index in [1.807, 2.05) is 0 Å².